The molecule has 5 nitrogen and oxygen atoms in total. The van der Waals surface area contributed by atoms with Gasteiger partial charge in [-0.2, -0.15) is 4.31 Å². The van der Waals surface area contributed by atoms with Crippen LogP contribution in [0.25, 0.3) is 0 Å². The van der Waals surface area contributed by atoms with Gasteiger partial charge >= 0.3 is 0 Å². The van der Waals surface area contributed by atoms with E-state index in [1.54, 1.807) is 18.2 Å². The number of nitrogens with zero attached hydrogens (tertiary/aromatic N) is 2. The van der Waals surface area contributed by atoms with Gasteiger partial charge in [-0.25, -0.2) is 17.2 Å². The Bertz CT molecular complexity index is 860. The summed E-state index contributed by atoms with van der Waals surface area (Å²) in [6.45, 7) is 0.563. The summed E-state index contributed by atoms with van der Waals surface area (Å²) >= 11 is 0. The van der Waals surface area contributed by atoms with Gasteiger partial charge in [-0.1, -0.05) is 18.2 Å². The molecule has 2 aromatic rings. The van der Waals surface area contributed by atoms with Crippen molar-refractivity contribution in [2.45, 2.75) is 4.90 Å². The summed E-state index contributed by atoms with van der Waals surface area (Å²) in [5, 5.41) is 0. The number of sulfonamides is 1. The molecule has 1 aliphatic rings. The average molecular weight is 366 g/mol. The van der Waals surface area contributed by atoms with Crippen molar-refractivity contribution in [2.75, 3.05) is 26.2 Å². The third-order valence-electron chi connectivity index (χ3n) is 4.02. The molecular weight excluding hydrogens is 350 g/mol. The summed E-state index contributed by atoms with van der Waals surface area (Å²) in [5.41, 5.74) is -0.0862. The molecule has 0 unspecified atom stereocenters. The van der Waals surface area contributed by atoms with Crippen LogP contribution in [0.3, 0.4) is 0 Å². The monoisotopic (exact) mass is 366 g/mol. The van der Waals surface area contributed by atoms with E-state index < -0.39 is 27.6 Å². The van der Waals surface area contributed by atoms with E-state index in [1.165, 1.54) is 21.3 Å². The summed E-state index contributed by atoms with van der Waals surface area (Å²) in [5.74, 6) is -2.17. The van der Waals surface area contributed by atoms with E-state index in [9.17, 15) is 22.0 Å². The van der Waals surface area contributed by atoms with Crippen LogP contribution in [0.2, 0.25) is 0 Å². The maximum absolute atomic E-state index is 13.3. The molecule has 0 N–H and O–H groups in total. The van der Waals surface area contributed by atoms with Crippen molar-refractivity contribution in [1.29, 1.82) is 0 Å². The van der Waals surface area contributed by atoms with Gasteiger partial charge in [-0.05, 0) is 24.3 Å². The molecule has 0 aromatic heterocycles. The first-order valence-electron chi connectivity index (χ1n) is 7.68. The summed E-state index contributed by atoms with van der Waals surface area (Å²) in [6, 6.07) is 10.7. The molecule has 1 saturated heterocycles. The molecule has 25 heavy (non-hydrogen) atoms. The third-order valence-corrected chi connectivity index (χ3v) is 5.93. The van der Waals surface area contributed by atoms with E-state index in [0.717, 1.165) is 12.1 Å². The molecule has 1 heterocycles. The van der Waals surface area contributed by atoms with Crippen LogP contribution >= 0.6 is 0 Å². The van der Waals surface area contributed by atoms with Gasteiger partial charge in [0.05, 0.1) is 4.90 Å². The summed E-state index contributed by atoms with van der Waals surface area (Å²) < 4.78 is 52.9. The lowest BCUT2D eigenvalue weighted by molar-refractivity contribution is 0.0697. The topological polar surface area (TPSA) is 57.7 Å². The largest absolute Gasteiger partial charge is 0.336 e. The highest BCUT2D eigenvalue weighted by molar-refractivity contribution is 7.89. The van der Waals surface area contributed by atoms with E-state index in [4.69, 9.17) is 0 Å². The lowest BCUT2D eigenvalue weighted by Crippen LogP contribution is -2.50. The Morgan fingerprint density at radius 1 is 0.880 bits per heavy atom. The molecule has 0 saturated carbocycles. The second-order valence-electron chi connectivity index (χ2n) is 5.67. The number of amides is 1. The molecule has 0 aliphatic carbocycles. The summed E-state index contributed by atoms with van der Waals surface area (Å²) in [7, 11) is -3.61. The molecule has 0 radical (unpaired) electrons. The van der Waals surface area contributed by atoms with Crippen LogP contribution in [0, 0.1) is 11.6 Å². The van der Waals surface area contributed by atoms with Gasteiger partial charge in [0.2, 0.25) is 10.0 Å². The predicted molar refractivity (Wildman–Crippen MR) is 87.5 cm³/mol. The normalized spacial score (nSPS) is 16.0. The zero-order chi connectivity index (χ0) is 18.0. The minimum atomic E-state index is -3.61. The molecule has 1 fully saturated rings. The van der Waals surface area contributed by atoms with Crippen LogP contribution in [0.4, 0.5) is 8.78 Å². The number of carbonyl (C=O) groups is 1. The quantitative estimate of drug-likeness (QED) is 0.836. The zero-order valence-corrected chi connectivity index (χ0v) is 14.0. The Labute approximate surface area is 144 Å². The number of rotatable bonds is 3. The first kappa shape index (κ1) is 17.5. The van der Waals surface area contributed by atoms with Crippen LogP contribution in [-0.2, 0) is 10.0 Å². The first-order valence-corrected chi connectivity index (χ1v) is 9.12. The Morgan fingerprint density at radius 3 is 2.00 bits per heavy atom. The summed E-state index contributed by atoms with van der Waals surface area (Å²) in [6.07, 6.45) is 0. The van der Waals surface area contributed by atoms with Crippen molar-refractivity contribution in [3.63, 3.8) is 0 Å². The second-order valence-corrected chi connectivity index (χ2v) is 7.61. The fourth-order valence-corrected chi connectivity index (χ4v) is 4.18. The molecule has 132 valence electrons. The number of halogens is 2. The van der Waals surface area contributed by atoms with Crippen LogP contribution in [0.5, 0.6) is 0 Å². The maximum Gasteiger partial charge on any atom is 0.254 e. The molecule has 1 amide bonds. The van der Waals surface area contributed by atoms with Crippen LogP contribution in [0.15, 0.2) is 53.4 Å². The molecule has 0 bridgehead atoms. The van der Waals surface area contributed by atoms with E-state index >= 15 is 0 Å². The van der Waals surface area contributed by atoms with E-state index in [1.807, 2.05) is 0 Å². The molecule has 3 rings (SSSR count). The molecule has 2 aromatic carbocycles. The minimum Gasteiger partial charge on any atom is -0.336 e. The highest BCUT2D eigenvalue weighted by Gasteiger charge is 2.30. The Morgan fingerprint density at radius 2 is 1.44 bits per heavy atom. The molecule has 1 aliphatic heterocycles. The Hall–Kier alpha value is -2.32. The Balaban J connectivity index is 1.70. The standard InChI is InChI=1S/C17H16F2N2O3S/c18-14-10-13(11-15(19)12-14)17(22)20-6-8-21(9-7-20)25(23,24)16-4-2-1-3-5-16/h1-5,10-12H,6-9H2. The molecule has 0 atom stereocenters. The zero-order valence-electron chi connectivity index (χ0n) is 13.2. The van der Waals surface area contributed by atoms with Gasteiger partial charge < -0.3 is 4.90 Å². The lowest BCUT2D eigenvalue weighted by atomic mass is 10.1. The van der Waals surface area contributed by atoms with Crippen molar-refractivity contribution in [1.82, 2.24) is 9.21 Å². The minimum absolute atomic E-state index is 0.0862. The van der Waals surface area contributed by atoms with Crippen LogP contribution in [0.1, 0.15) is 10.4 Å². The van der Waals surface area contributed by atoms with Gasteiger partial charge in [0.1, 0.15) is 11.6 Å². The van der Waals surface area contributed by atoms with Crippen molar-refractivity contribution in [2.24, 2.45) is 0 Å². The van der Waals surface area contributed by atoms with Gasteiger partial charge in [0.25, 0.3) is 5.91 Å². The average Bonchev–Trinajstić information content (AvgIpc) is 2.61. The fraction of sp³-hybridized carbons (Fsp3) is 0.235. The number of hydrogen-bond acceptors (Lipinski definition) is 3. The highest BCUT2D eigenvalue weighted by atomic mass is 32.2. The van der Waals surface area contributed by atoms with E-state index in [0.29, 0.717) is 6.07 Å². The van der Waals surface area contributed by atoms with Gasteiger partial charge in [0.15, 0.2) is 0 Å². The first-order chi connectivity index (χ1) is 11.9. The predicted octanol–water partition coefficient (Wildman–Crippen LogP) is 2.11. The third kappa shape index (κ3) is 3.69. The van der Waals surface area contributed by atoms with Crippen molar-refractivity contribution in [3.8, 4) is 0 Å². The van der Waals surface area contributed by atoms with Crippen LogP contribution < -0.4 is 0 Å². The van der Waals surface area contributed by atoms with Crippen molar-refractivity contribution >= 4 is 15.9 Å². The summed E-state index contributed by atoms with van der Waals surface area (Å²) in [4.78, 5) is 13.9. The maximum atomic E-state index is 13.3. The fourth-order valence-electron chi connectivity index (χ4n) is 2.73. The lowest BCUT2D eigenvalue weighted by Gasteiger charge is -2.34. The van der Waals surface area contributed by atoms with Gasteiger partial charge in [0, 0.05) is 37.8 Å². The number of benzene rings is 2. The van der Waals surface area contributed by atoms with Crippen molar-refractivity contribution < 1.29 is 22.0 Å². The molecule has 0 spiro atoms. The number of piperazine rings is 1. The van der Waals surface area contributed by atoms with E-state index in [-0.39, 0.29) is 36.6 Å². The highest BCUT2D eigenvalue weighted by Crippen LogP contribution is 2.18. The number of hydrogen-bond donors (Lipinski definition) is 0. The van der Waals surface area contributed by atoms with Crippen molar-refractivity contribution in [3.05, 3.63) is 65.7 Å². The molecular formula is C17H16F2N2O3S. The SMILES string of the molecule is O=C(c1cc(F)cc(F)c1)N1CCN(S(=O)(=O)c2ccccc2)CC1. The van der Waals surface area contributed by atoms with Gasteiger partial charge in [-0.3, -0.25) is 4.79 Å². The van der Waals surface area contributed by atoms with Crippen LogP contribution in [-0.4, -0.2) is 49.7 Å². The smallest absolute Gasteiger partial charge is 0.254 e. The number of carbonyl (C=O) groups excluding carboxylic acids is 1. The Kier molecular flexibility index (Phi) is 4.82. The van der Waals surface area contributed by atoms with E-state index in [2.05, 4.69) is 0 Å². The second kappa shape index (κ2) is 6.89. The molecule has 8 heteroatoms. The van der Waals surface area contributed by atoms with Gasteiger partial charge in [-0.15, -0.1) is 0 Å².